The summed E-state index contributed by atoms with van der Waals surface area (Å²) in [7, 11) is 1.59. The van der Waals surface area contributed by atoms with E-state index < -0.39 is 0 Å². The number of carbonyl (C=O) groups excluding carboxylic acids is 1. The van der Waals surface area contributed by atoms with Crippen molar-refractivity contribution in [3.05, 3.63) is 54.6 Å². The number of rotatable bonds is 4. The Balaban J connectivity index is 2.24. The van der Waals surface area contributed by atoms with Crippen molar-refractivity contribution in [3.63, 3.8) is 0 Å². The molecular weight excluding hydrogens is 226 g/mol. The number of carbonyl (C=O) groups is 1. The summed E-state index contributed by atoms with van der Waals surface area (Å²) >= 11 is 0. The van der Waals surface area contributed by atoms with Crippen molar-refractivity contribution in [1.29, 1.82) is 0 Å². The smallest absolute Gasteiger partial charge is 0.257 e. The Morgan fingerprint density at radius 1 is 1.06 bits per heavy atom. The predicted octanol–water partition coefficient (Wildman–Crippen LogP) is 2.48. The largest absolute Gasteiger partial charge is 0.483 e. The van der Waals surface area contributed by atoms with Crippen molar-refractivity contribution in [2.24, 2.45) is 0 Å². The molecule has 0 unspecified atom stereocenters. The van der Waals surface area contributed by atoms with E-state index in [1.807, 2.05) is 54.6 Å². The molecule has 0 atom stereocenters. The maximum absolute atomic E-state index is 11.2. The van der Waals surface area contributed by atoms with E-state index in [-0.39, 0.29) is 12.5 Å². The summed E-state index contributed by atoms with van der Waals surface area (Å²) in [4.78, 5) is 11.2. The van der Waals surface area contributed by atoms with E-state index >= 15 is 0 Å². The van der Waals surface area contributed by atoms with Crippen molar-refractivity contribution in [3.8, 4) is 16.9 Å². The Morgan fingerprint density at radius 2 is 1.72 bits per heavy atom. The van der Waals surface area contributed by atoms with Gasteiger partial charge in [-0.3, -0.25) is 4.79 Å². The van der Waals surface area contributed by atoms with Crippen LogP contribution in [0.15, 0.2) is 54.6 Å². The van der Waals surface area contributed by atoms with Gasteiger partial charge in [0.05, 0.1) is 0 Å². The van der Waals surface area contributed by atoms with Gasteiger partial charge in [-0.05, 0) is 11.6 Å². The molecule has 0 aliphatic carbocycles. The molecule has 2 rings (SSSR count). The number of para-hydroxylation sites is 1. The molecule has 3 nitrogen and oxygen atoms in total. The third-order valence-electron chi connectivity index (χ3n) is 2.61. The molecule has 0 spiro atoms. The van der Waals surface area contributed by atoms with E-state index in [0.29, 0.717) is 5.75 Å². The van der Waals surface area contributed by atoms with Crippen LogP contribution in [0.4, 0.5) is 0 Å². The molecular formula is C15H15NO2. The Hall–Kier alpha value is -2.29. The van der Waals surface area contributed by atoms with Gasteiger partial charge in [-0.2, -0.15) is 0 Å². The minimum Gasteiger partial charge on any atom is -0.483 e. The molecule has 0 fully saturated rings. The molecule has 18 heavy (non-hydrogen) atoms. The fourth-order valence-electron chi connectivity index (χ4n) is 1.66. The topological polar surface area (TPSA) is 38.3 Å². The molecule has 3 heteroatoms. The highest BCUT2D eigenvalue weighted by Crippen LogP contribution is 2.29. The second-order valence-electron chi connectivity index (χ2n) is 3.82. The van der Waals surface area contributed by atoms with E-state index in [0.717, 1.165) is 11.1 Å². The second kappa shape index (κ2) is 5.87. The van der Waals surface area contributed by atoms with Crippen LogP contribution in [0.25, 0.3) is 11.1 Å². The second-order valence-corrected chi connectivity index (χ2v) is 3.82. The van der Waals surface area contributed by atoms with E-state index in [2.05, 4.69) is 5.32 Å². The summed E-state index contributed by atoms with van der Waals surface area (Å²) in [6, 6.07) is 17.7. The Bertz CT molecular complexity index is 523. The normalized spacial score (nSPS) is 9.83. The van der Waals surface area contributed by atoms with Crippen molar-refractivity contribution in [2.75, 3.05) is 13.7 Å². The first-order valence-corrected chi connectivity index (χ1v) is 5.79. The minimum absolute atomic E-state index is 0.0281. The third kappa shape index (κ3) is 2.88. The van der Waals surface area contributed by atoms with Crippen LogP contribution in [0.2, 0.25) is 0 Å². The monoisotopic (exact) mass is 241 g/mol. The zero-order valence-corrected chi connectivity index (χ0v) is 10.2. The van der Waals surface area contributed by atoms with Crippen molar-refractivity contribution >= 4 is 5.91 Å². The lowest BCUT2D eigenvalue weighted by Gasteiger charge is -2.10. The standard InChI is InChI=1S/C15H15NO2/c1-16-15(17)11-18-14-10-6-5-9-13(14)12-7-3-2-4-8-12/h2-10H,11H2,1H3,(H,16,17). The van der Waals surface area contributed by atoms with Crippen LogP contribution in [-0.4, -0.2) is 19.6 Å². The summed E-state index contributed by atoms with van der Waals surface area (Å²) in [6.07, 6.45) is 0. The molecule has 2 aromatic carbocycles. The first-order chi connectivity index (χ1) is 8.81. The highest BCUT2D eigenvalue weighted by Gasteiger charge is 2.06. The maximum Gasteiger partial charge on any atom is 0.257 e. The minimum atomic E-state index is -0.141. The van der Waals surface area contributed by atoms with E-state index in [1.165, 1.54) is 0 Å². The zero-order valence-electron chi connectivity index (χ0n) is 10.2. The van der Waals surface area contributed by atoms with Crippen LogP contribution in [0, 0.1) is 0 Å². The number of amides is 1. The van der Waals surface area contributed by atoms with Gasteiger partial charge in [-0.15, -0.1) is 0 Å². The lowest BCUT2D eigenvalue weighted by Crippen LogP contribution is -2.24. The summed E-state index contributed by atoms with van der Waals surface area (Å²) in [5.41, 5.74) is 2.06. The van der Waals surface area contributed by atoms with Crippen LogP contribution < -0.4 is 10.1 Å². The van der Waals surface area contributed by atoms with E-state index in [9.17, 15) is 4.79 Å². The van der Waals surface area contributed by atoms with Crippen LogP contribution in [-0.2, 0) is 4.79 Å². The van der Waals surface area contributed by atoms with Gasteiger partial charge in [0.2, 0.25) is 0 Å². The SMILES string of the molecule is CNC(=O)COc1ccccc1-c1ccccc1. The summed E-state index contributed by atoms with van der Waals surface area (Å²) < 4.78 is 5.53. The first-order valence-electron chi connectivity index (χ1n) is 5.79. The number of likely N-dealkylation sites (N-methyl/N-ethyl adjacent to an activating group) is 1. The van der Waals surface area contributed by atoms with Crippen molar-refractivity contribution < 1.29 is 9.53 Å². The lowest BCUT2D eigenvalue weighted by atomic mass is 10.1. The quantitative estimate of drug-likeness (QED) is 0.893. The molecule has 0 aliphatic heterocycles. The van der Waals surface area contributed by atoms with Crippen LogP contribution in [0.5, 0.6) is 5.75 Å². The van der Waals surface area contributed by atoms with Crippen LogP contribution in [0.1, 0.15) is 0 Å². The van der Waals surface area contributed by atoms with Crippen molar-refractivity contribution in [1.82, 2.24) is 5.32 Å². The van der Waals surface area contributed by atoms with Gasteiger partial charge < -0.3 is 10.1 Å². The molecule has 1 amide bonds. The first kappa shape index (κ1) is 12.2. The number of nitrogens with one attached hydrogen (secondary N) is 1. The fraction of sp³-hybridized carbons (Fsp3) is 0.133. The van der Waals surface area contributed by atoms with Gasteiger partial charge >= 0.3 is 0 Å². The molecule has 0 aliphatic rings. The maximum atomic E-state index is 11.2. The predicted molar refractivity (Wildman–Crippen MR) is 71.4 cm³/mol. The molecule has 0 radical (unpaired) electrons. The number of ether oxygens (including phenoxy) is 1. The van der Waals surface area contributed by atoms with Gasteiger partial charge in [0.15, 0.2) is 6.61 Å². The Kier molecular flexibility index (Phi) is 3.97. The molecule has 0 bridgehead atoms. The third-order valence-corrected chi connectivity index (χ3v) is 2.61. The van der Waals surface area contributed by atoms with Gasteiger partial charge in [0.1, 0.15) is 5.75 Å². The average molecular weight is 241 g/mol. The lowest BCUT2D eigenvalue weighted by molar-refractivity contribution is -0.122. The summed E-state index contributed by atoms with van der Waals surface area (Å²) in [5.74, 6) is 0.574. The molecule has 0 saturated heterocycles. The molecule has 0 saturated carbocycles. The van der Waals surface area contributed by atoms with E-state index in [1.54, 1.807) is 7.05 Å². The van der Waals surface area contributed by atoms with Gasteiger partial charge in [0, 0.05) is 12.6 Å². The molecule has 1 N–H and O–H groups in total. The molecule has 2 aromatic rings. The highest BCUT2D eigenvalue weighted by atomic mass is 16.5. The molecule has 92 valence electrons. The molecule has 0 aromatic heterocycles. The van der Waals surface area contributed by atoms with Crippen molar-refractivity contribution in [2.45, 2.75) is 0 Å². The van der Waals surface area contributed by atoms with Gasteiger partial charge in [-0.25, -0.2) is 0 Å². The van der Waals surface area contributed by atoms with Crippen LogP contribution in [0.3, 0.4) is 0 Å². The molecule has 0 heterocycles. The Morgan fingerprint density at radius 3 is 2.44 bits per heavy atom. The average Bonchev–Trinajstić information content (AvgIpc) is 2.46. The number of benzene rings is 2. The number of hydrogen-bond donors (Lipinski definition) is 1. The fourth-order valence-corrected chi connectivity index (χ4v) is 1.66. The summed E-state index contributed by atoms with van der Waals surface area (Å²) in [6.45, 7) is 0.0281. The highest BCUT2D eigenvalue weighted by molar-refractivity contribution is 5.78. The summed E-state index contributed by atoms with van der Waals surface area (Å²) in [5, 5.41) is 2.53. The number of hydrogen-bond acceptors (Lipinski definition) is 2. The Labute approximate surface area is 106 Å². The van der Waals surface area contributed by atoms with E-state index in [4.69, 9.17) is 4.74 Å². The zero-order chi connectivity index (χ0) is 12.8. The van der Waals surface area contributed by atoms with Crippen LogP contribution >= 0.6 is 0 Å². The van der Waals surface area contributed by atoms with Gasteiger partial charge in [0.25, 0.3) is 5.91 Å². The van der Waals surface area contributed by atoms with Gasteiger partial charge in [-0.1, -0.05) is 48.5 Å².